The Hall–Kier alpha value is -3.22. The number of hydrogen-bond acceptors (Lipinski definition) is 5. The number of ether oxygens (including phenoxy) is 1. The van der Waals surface area contributed by atoms with E-state index >= 15 is 0 Å². The zero-order chi connectivity index (χ0) is 19.3. The average Bonchev–Trinajstić information content (AvgIpc) is 2.62. The van der Waals surface area contributed by atoms with Gasteiger partial charge in [-0.2, -0.15) is 0 Å². The number of nitrogens with one attached hydrogen (secondary N) is 1. The number of benzene rings is 2. The van der Waals surface area contributed by atoms with Gasteiger partial charge in [0.15, 0.2) is 0 Å². The normalized spacial score (nSPS) is 11.7. The Kier molecular flexibility index (Phi) is 6.06. The molecule has 0 radical (unpaired) electrons. The van der Waals surface area contributed by atoms with Crippen molar-refractivity contribution in [3.8, 4) is 0 Å². The number of non-ortho nitro benzene ring substituents is 1. The molecule has 7 nitrogen and oxygen atoms in total. The number of anilines is 1. The fraction of sp³-hybridized carbons (Fsp3) is 0.263. The van der Waals surface area contributed by atoms with Crippen molar-refractivity contribution >= 4 is 23.3 Å². The molecule has 0 aliphatic carbocycles. The van der Waals surface area contributed by atoms with Crippen LogP contribution >= 0.6 is 0 Å². The molecular weight excluding hydrogens is 336 g/mol. The number of esters is 1. The molecule has 136 valence electrons. The van der Waals surface area contributed by atoms with Gasteiger partial charge in [0.05, 0.1) is 23.5 Å². The summed E-state index contributed by atoms with van der Waals surface area (Å²) in [7, 11) is 1.30. The minimum Gasteiger partial charge on any atom is -0.465 e. The molecule has 7 heteroatoms. The predicted octanol–water partition coefficient (Wildman–Crippen LogP) is 3.76. The smallest absolute Gasteiger partial charge is 0.337 e. The zero-order valence-corrected chi connectivity index (χ0v) is 14.8. The van der Waals surface area contributed by atoms with Crippen LogP contribution in [-0.2, 0) is 9.53 Å². The molecule has 0 saturated heterocycles. The first kappa shape index (κ1) is 19.1. The molecule has 0 saturated carbocycles. The predicted molar refractivity (Wildman–Crippen MR) is 97.1 cm³/mol. The van der Waals surface area contributed by atoms with Crippen molar-refractivity contribution < 1.29 is 19.2 Å². The van der Waals surface area contributed by atoms with Crippen LogP contribution in [0.15, 0.2) is 48.5 Å². The number of nitrogens with zero attached hydrogens (tertiary/aromatic N) is 1. The van der Waals surface area contributed by atoms with Crippen LogP contribution in [0, 0.1) is 16.0 Å². The summed E-state index contributed by atoms with van der Waals surface area (Å²) in [5.41, 5.74) is 1.63. The third-order valence-electron chi connectivity index (χ3n) is 3.99. The molecule has 2 aromatic carbocycles. The highest BCUT2D eigenvalue weighted by Crippen LogP contribution is 2.28. The van der Waals surface area contributed by atoms with Gasteiger partial charge in [-0.05, 0) is 35.7 Å². The summed E-state index contributed by atoms with van der Waals surface area (Å²) >= 11 is 0. The summed E-state index contributed by atoms with van der Waals surface area (Å²) in [4.78, 5) is 34.5. The van der Waals surface area contributed by atoms with Crippen LogP contribution in [0.2, 0.25) is 0 Å². The van der Waals surface area contributed by atoms with Gasteiger partial charge in [0.2, 0.25) is 5.91 Å². The van der Waals surface area contributed by atoms with Gasteiger partial charge in [-0.3, -0.25) is 14.9 Å². The lowest BCUT2D eigenvalue weighted by atomic mass is 9.87. The Morgan fingerprint density at radius 2 is 1.62 bits per heavy atom. The Morgan fingerprint density at radius 3 is 2.08 bits per heavy atom. The highest BCUT2D eigenvalue weighted by atomic mass is 16.6. The van der Waals surface area contributed by atoms with E-state index in [9.17, 15) is 19.7 Å². The summed E-state index contributed by atoms with van der Waals surface area (Å²) in [6.45, 7) is 3.82. The van der Waals surface area contributed by atoms with E-state index in [-0.39, 0.29) is 17.5 Å². The Balaban J connectivity index is 2.18. The molecule has 0 aromatic heterocycles. The van der Waals surface area contributed by atoms with E-state index in [1.165, 1.54) is 19.2 Å². The van der Waals surface area contributed by atoms with Crippen LogP contribution in [0.4, 0.5) is 11.4 Å². The number of rotatable bonds is 6. The number of methoxy groups -OCH3 is 1. The first-order valence-corrected chi connectivity index (χ1v) is 8.07. The van der Waals surface area contributed by atoms with Crippen LogP contribution in [0.1, 0.15) is 35.7 Å². The minimum absolute atomic E-state index is 0.00852. The van der Waals surface area contributed by atoms with Gasteiger partial charge in [0.1, 0.15) is 0 Å². The maximum absolute atomic E-state index is 12.7. The van der Waals surface area contributed by atoms with E-state index in [1.807, 2.05) is 13.8 Å². The lowest BCUT2D eigenvalue weighted by molar-refractivity contribution is -0.384. The van der Waals surface area contributed by atoms with Crippen molar-refractivity contribution in [3.63, 3.8) is 0 Å². The van der Waals surface area contributed by atoms with Gasteiger partial charge in [0, 0.05) is 17.8 Å². The Labute approximate surface area is 151 Å². The largest absolute Gasteiger partial charge is 0.465 e. The first-order valence-electron chi connectivity index (χ1n) is 8.07. The molecule has 2 rings (SSSR count). The van der Waals surface area contributed by atoms with Crippen molar-refractivity contribution in [2.24, 2.45) is 5.92 Å². The lowest BCUT2D eigenvalue weighted by Gasteiger charge is -2.20. The molecule has 26 heavy (non-hydrogen) atoms. The molecular formula is C19H20N2O5. The monoisotopic (exact) mass is 356 g/mol. The average molecular weight is 356 g/mol. The van der Waals surface area contributed by atoms with Crippen LogP contribution in [0.25, 0.3) is 0 Å². The number of nitro groups is 1. The fourth-order valence-electron chi connectivity index (χ4n) is 2.67. The molecule has 1 unspecified atom stereocenters. The van der Waals surface area contributed by atoms with E-state index in [4.69, 9.17) is 0 Å². The number of carbonyl (C=O) groups is 2. The van der Waals surface area contributed by atoms with Gasteiger partial charge >= 0.3 is 5.97 Å². The summed E-state index contributed by atoms with van der Waals surface area (Å²) < 4.78 is 4.64. The fourth-order valence-corrected chi connectivity index (χ4v) is 2.67. The number of nitro benzene ring substituents is 1. The van der Waals surface area contributed by atoms with Crippen molar-refractivity contribution in [1.82, 2.24) is 0 Å². The second kappa shape index (κ2) is 8.24. The molecule has 0 aliphatic heterocycles. The Bertz CT molecular complexity index is 798. The lowest BCUT2D eigenvalue weighted by Crippen LogP contribution is -2.25. The molecule has 2 aromatic rings. The van der Waals surface area contributed by atoms with E-state index in [0.29, 0.717) is 16.8 Å². The molecule has 0 bridgehead atoms. The Morgan fingerprint density at radius 1 is 1.04 bits per heavy atom. The van der Waals surface area contributed by atoms with Gasteiger partial charge in [-0.15, -0.1) is 0 Å². The molecule has 1 amide bonds. The molecule has 1 atom stereocenters. The van der Waals surface area contributed by atoms with Crippen LogP contribution < -0.4 is 5.32 Å². The maximum atomic E-state index is 12.7. The quantitative estimate of drug-likeness (QED) is 0.483. The molecule has 0 spiro atoms. The number of carbonyl (C=O) groups excluding carboxylic acids is 2. The van der Waals surface area contributed by atoms with E-state index in [1.54, 1.807) is 36.4 Å². The first-order chi connectivity index (χ1) is 12.3. The number of amides is 1. The standard InChI is InChI=1S/C19H20N2O5/c1-12(2)17(13-6-10-16(11-7-13)21(24)25)18(22)20-15-8-4-14(5-9-15)19(23)26-3/h4-12,17H,1-3H3,(H,20,22). The molecule has 1 N–H and O–H groups in total. The van der Waals surface area contributed by atoms with Crippen LogP contribution in [0.3, 0.4) is 0 Å². The third-order valence-corrected chi connectivity index (χ3v) is 3.99. The zero-order valence-electron chi connectivity index (χ0n) is 14.8. The second-order valence-electron chi connectivity index (χ2n) is 6.13. The summed E-state index contributed by atoms with van der Waals surface area (Å²) in [5.74, 6) is -1.14. The second-order valence-corrected chi connectivity index (χ2v) is 6.13. The molecule has 0 fully saturated rings. The summed E-state index contributed by atoms with van der Waals surface area (Å²) in [6.07, 6.45) is 0. The van der Waals surface area contributed by atoms with Gasteiger partial charge in [0.25, 0.3) is 5.69 Å². The van der Waals surface area contributed by atoms with Gasteiger partial charge in [-0.25, -0.2) is 4.79 Å². The third kappa shape index (κ3) is 4.44. The van der Waals surface area contributed by atoms with Crippen LogP contribution in [0.5, 0.6) is 0 Å². The van der Waals surface area contributed by atoms with Crippen molar-refractivity contribution in [2.45, 2.75) is 19.8 Å². The SMILES string of the molecule is COC(=O)c1ccc(NC(=O)C(c2ccc([N+](=O)[O-])cc2)C(C)C)cc1. The molecule has 0 aliphatic rings. The molecule has 0 heterocycles. The van der Waals surface area contributed by atoms with Crippen molar-refractivity contribution in [1.29, 1.82) is 0 Å². The van der Waals surface area contributed by atoms with E-state index in [2.05, 4.69) is 10.1 Å². The number of hydrogen-bond donors (Lipinski definition) is 1. The maximum Gasteiger partial charge on any atom is 0.337 e. The van der Waals surface area contributed by atoms with Crippen molar-refractivity contribution in [2.75, 3.05) is 12.4 Å². The van der Waals surface area contributed by atoms with Crippen molar-refractivity contribution in [3.05, 3.63) is 69.8 Å². The van der Waals surface area contributed by atoms with E-state index in [0.717, 1.165) is 0 Å². The highest BCUT2D eigenvalue weighted by molar-refractivity contribution is 5.97. The highest BCUT2D eigenvalue weighted by Gasteiger charge is 2.25. The minimum atomic E-state index is -0.475. The summed E-state index contributed by atoms with van der Waals surface area (Å²) in [5, 5.41) is 13.6. The topological polar surface area (TPSA) is 98.5 Å². The van der Waals surface area contributed by atoms with Crippen LogP contribution in [-0.4, -0.2) is 23.9 Å². The van der Waals surface area contributed by atoms with Gasteiger partial charge in [-0.1, -0.05) is 26.0 Å². The van der Waals surface area contributed by atoms with Gasteiger partial charge < -0.3 is 10.1 Å². The summed E-state index contributed by atoms with van der Waals surface area (Å²) in [6, 6.07) is 12.4. The van der Waals surface area contributed by atoms with E-state index < -0.39 is 16.8 Å².